The molecule has 1 unspecified atom stereocenters. The summed E-state index contributed by atoms with van der Waals surface area (Å²) in [4.78, 5) is 19.3. The Kier molecular flexibility index (Phi) is 3.88. The first kappa shape index (κ1) is 15.6. The Morgan fingerprint density at radius 2 is 1.88 bits per heavy atom. The number of carbonyl (C=O) groups excluding carboxylic acids is 1. The molecule has 25 heavy (non-hydrogen) atoms. The molecular weight excluding hydrogens is 310 g/mol. The summed E-state index contributed by atoms with van der Waals surface area (Å²) in [5.41, 5.74) is 4.11. The van der Waals surface area contributed by atoms with Crippen molar-refractivity contribution in [1.29, 1.82) is 0 Å². The topological polar surface area (TPSA) is 38.1 Å². The first-order valence-electron chi connectivity index (χ1n) is 8.58. The van der Waals surface area contributed by atoms with Crippen LogP contribution in [0.15, 0.2) is 66.7 Å². The van der Waals surface area contributed by atoms with Crippen molar-refractivity contribution in [3.8, 4) is 0 Å². The second-order valence-electron chi connectivity index (χ2n) is 6.74. The Labute approximate surface area is 147 Å². The van der Waals surface area contributed by atoms with Gasteiger partial charge in [0.25, 0.3) is 0 Å². The number of hydrogen-bond acceptors (Lipinski definition) is 2. The molecule has 1 aromatic heterocycles. The summed E-state index contributed by atoms with van der Waals surface area (Å²) in [6, 6.07) is 18.0. The van der Waals surface area contributed by atoms with Crippen LogP contribution >= 0.6 is 0 Å². The van der Waals surface area contributed by atoms with Crippen LogP contribution in [0.4, 0.5) is 5.69 Å². The standard InChI is InChI=1S/C21H21N3O/c1-15(2)13-24-19-11-7-6-10-18(19)22-21(24)16-12-20(25)23(14-16)17-8-4-3-5-9-17/h3-11,16H,1,12-14H2,2H3. The van der Waals surface area contributed by atoms with Gasteiger partial charge in [-0.2, -0.15) is 0 Å². The van der Waals surface area contributed by atoms with Crippen LogP contribution in [-0.2, 0) is 11.3 Å². The van der Waals surface area contributed by atoms with E-state index >= 15 is 0 Å². The van der Waals surface area contributed by atoms with Gasteiger partial charge in [0, 0.05) is 31.1 Å². The quantitative estimate of drug-likeness (QED) is 0.674. The largest absolute Gasteiger partial charge is 0.324 e. The van der Waals surface area contributed by atoms with Crippen LogP contribution in [0.5, 0.6) is 0 Å². The van der Waals surface area contributed by atoms with E-state index in [-0.39, 0.29) is 11.8 Å². The zero-order valence-corrected chi connectivity index (χ0v) is 14.4. The molecule has 1 fully saturated rings. The Hall–Kier alpha value is -2.88. The van der Waals surface area contributed by atoms with Crippen LogP contribution in [0.2, 0.25) is 0 Å². The SMILES string of the molecule is C=C(C)Cn1c(C2CC(=O)N(c3ccccc3)C2)nc2ccccc21. The van der Waals surface area contributed by atoms with Gasteiger partial charge in [0.1, 0.15) is 5.82 Å². The molecule has 0 N–H and O–H groups in total. The minimum Gasteiger partial charge on any atom is -0.324 e. The highest BCUT2D eigenvalue weighted by atomic mass is 16.2. The number of anilines is 1. The summed E-state index contributed by atoms with van der Waals surface area (Å²) in [5, 5.41) is 0. The highest BCUT2D eigenvalue weighted by Gasteiger charge is 2.34. The lowest BCUT2D eigenvalue weighted by atomic mass is 10.1. The lowest BCUT2D eigenvalue weighted by molar-refractivity contribution is -0.117. The zero-order chi connectivity index (χ0) is 17.4. The maximum absolute atomic E-state index is 12.6. The van der Waals surface area contributed by atoms with Gasteiger partial charge in [-0.1, -0.05) is 42.5 Å². The van der Waals surface area contributed by atoms with Crippen molar-refractivity contribution in [3.63, 3.8) is 0 Å². The van der Waals surface area contributed by atoms with Gasteiger partial charge in [0.05, 0.1) is 11.0 Å². The summed E-state index contributed by atoms with van der Waals surface area (Å²) in [7, 11) is 0. The lowest BCUT2D eigenvalue weighted by Crippen LogP contribution is -2.24. The Morgan fingerprint density at radius 3 is 2.64 bits per heavy atom. The molecule has 0 radical (unpaired) electrons. The van der Waals surface area contributed by atoms with Gasteiger partial charge in [-0.3, -0.25) is 4.79 Å². The van der Waals surface area contributed by atoms with Gasteiger partial charge in [-0.25, -0.2) is 4.98 Å². The second-order valence-corrected chi connectivity index (χ2v) is 6.74. The van der Waals surface area contributed by atoms with Crippen LogP contribution in [0.25, 0.3) is 11.0 Å². The fourth-order valence-electron chi connectivity index (χ4n) is 3.58. The fraction of sp³-hybridized carbons (Fsp3) is 0.238. The third-order valence-electron chi connectivity index (χ3n) is 4.67. The van der Waals surface area contributed by atoms with Gasteiger partial charge in [-0.05, 0) is 31.2 Å². The van der Waals surface area contributed by atoms with Crippen LogP contribution < -0.4 is 4.90 Å². The van der Waals surface area contributed by atoms with Crippen molar-refractivity contribution in [2.75, 3.05) is 11.4 Å². The predicted octanol–water partition coefficient (Wildman–Crippen LogP) is 4.13. The molecule has 0 bridgehead atoms. The van der Waals surface area contributed by atoms with E-state index < -0.39 is 0 Å². The number of nitrogens with zero attached hydrogens (tertiary/aromatic N) is 3. The number of benzene rings is 2. The number of para-hydroxylation sites is 3. The molecule has 3 aromatic rings. The van der Waals surface area contributed by atoms with Gasteiger partial charge in [0.2, 0.25) is 5.91 Å². The van der Waals surface area contributed by atoms with Crippen LogP contribution in [0, 0.1) is 0 Å². The Morgan fingerprint density at radius 1 is 1.16 bits per heavy atom. The first-order chi connectivity index (χ1) is 12.1. The van der Waals surface area contributed by atoms with E-state index in [2.05, 4.69) is 17.2 Å². The van der Waals surface area contributed by atoms with Crippen molar-refractivity contribution in [2.45, 2.75) is 25.8 Å². The third-order valence-corrected chi connectivity index (χ3v) is 4.67. The summed E-state index contributed by atoms with van der Waals surface area (Å²) in [6.07, 6.45) is 0.494. The highest BCUT2D eigenvalue weighted by molar-refractivity contribution is 5.96. The van der Waals surface area contributed by atoms with Gasteiger partial charge >= 0.3 is 0 Å². The van der Waals surface area contributed by atoms with Gasteiger partial charge in [0.15, 0.2) is 0 Å². The molecule has 0 saturated carbocycles. The normalized spacial score (nSPS) is 17.4. The van der Waals surface area contributed by atoms with Crippen LogP contribution in [0.3, 0.4) is 0 Å². The number of imidazole rings is 1. The molecule has 2 aromatic carbocycles. The number of allylic oxidation sites excluding steroid dienone is 1. The lowest BCUT2D eigenvalue weighted by Gasteiger charge is -2.17. The van der Waals surface area contributed by atoms with Crippen molar-refractivity contribution >= 4 is 22.6 Å². The molecule has 1 aliphatic rings. The minimum absolute atomic E-state index is 0.0967. The summed E-state index contributed by atoms with van der Waals surface area (Å²) < 4.78 is 2.21. The second kappa shape index (κ2) is 6.20. The summed E-state index contributed by atoms with van der Waals surface area (Å²) in [6.45, 7) is 7.48. The van der Waals surface area contributed by atoms with E-state index in [1.54, 1.807) is 0 Å². The molecule has 4 rings (SSSR count). The fourth-order valence-corrected chi connectivity index (χ4v) is 3.58. The monoisotopic (exact) mass is 331 g/mol. The number of hydrogen-bond donors (Lipinski definition) is 0. The van der Waals surface area contributed by atoms with Crippen LogP contribution in [0.1, 0.15) is 25.1 Å². The van der Waals surface area contributed by atoms with E-state index in [1.807, 2.05) is 60.4 Å². The number of rotatable bonds is 4. The average molecular weight is 331 g/mol. The molecule has 1 amide bonds. The van der Waals surface area contributed by atoms with Crippen molar-refractivity contribution < 1.29 is 4.79 Å². The Balaban J connectivity index is 1.73. The zero-order valence-electron chi connectivity index (χ0n) is 14.4. The molecule has 4 nitrogen and oxygen atoms in total. The molecule has 1 atom stereocenters. The molecule has 126 valence electrons. The summed E-state index contributed by atoms with van der Waals surface area (Å²) in [5.74, 6) is 1.24. The summed E-state index contributed by atoms with van der Waals surface area (Å²) >= 11 is 0. The maximum atomic E-state index is 12.6. The number of carbonyl (C=O) groups is 1. The Bertz CT molecular complexity index is 942. The molecule has 1 aliphatic heterocycles. The molecule has 4 heteroatoms. The third kappa shape index (κ3) is 2.84. The van der Waals surface area contributed by atoms with Crippen molar-refractivity contribution in [1.82, 2.24) is 9.55 Å². The molecule has 1 saturated heterocycles. The van der Waals surface area contributed by atoms with E-state index in [0.29, 0.717) is 13.0 Å². The molecule has 2 heterocycles. The van der Waals surface area contributed by atoms with E-state index in [9.17, 15) is 4.79 Å². The minimum atomic E-state index is 0.0967. The highest BCUT2D eigenvalue weighted by Crippen LogP contribution is 2.33. The van der Waals surface area contributed by atoms with Gasteiger partial charge < -0.3 is 9.47 Å². The molecule has 0 aliphatic carbocycles. The van der Waals surface area contributed by atoms with Crippen LogP contribution in [-0.4, -0.2) is 22.0 Å². The smallest absolute Gasteiger partial charge is 0.227 e. The molecule has 0 spiro atoms. The number of fused-ring (bicyclic) bond motifs is 1. The van der Waals surface area contributed by atoms with E-state index in [1.165, 1.54) is 0 Å². The predicted molar refractivity (Wildman–Crippen MR) is 101 cm³/mol. The first-order valence-corrected chi connectivity index (χ1v) is 8.58. The van der Waals surface area contributed by atoms with Crippen molar-refractivity contribution in [2.24, 2.45) is 0 Å². The van der Waals surface area contributed by atoms with E-state index in [0.717, 1.165) is 34.7 Å². The maximum Gasteiger partial charge on any atom is 0.227 e. The number of aromatic nitrogens is 2. The molecular formula is C21H21N3O. The number of amides is 1. The van der Waals surface area contributed by atoms with Crippen molar-refractivity contribution in [3.05, 3.63) is 72.6 Å². The van der Waals surface area contributed by atoms with Gasteiger partial charge in [-0.15, -0.1) is 0 Å². The van der Waals surface area contributed by atoms with E-state index in [4.69, 9.17) is 4.98 Å². The average Bonchev–Trinajstić information content (AvgIpc) is 3.16.